The highest BCUT2D eigenvalue weighted by Crippen LogP contribution is 2.21. The van der Waals surface area contributed by atoms with E-state index in [1.807, 2.05) is 6.07 Å². The minimum absolute atomic E-state index is 0.0171. The number of nitrogens with zero attached hydrogens (tertiary/aromatic N) is 2. The summed E-state index contributed by atoms with van der Waals surface area (Å²) in [6.45, 7) is 0.903. The molecule has 0 spiro atoms. The number of ether oxygens (including phenoxy) is 1. The van der Waals surface area contributed by atoms with Gasteiger partial charge in [-0.2, -0.15) is 5.26 Å². The number of hydrogen-bond donors (Lipinski definition) is 0. The number of amides is 1. The van der Waals surface area contributed by atoms with Gasteiger partial charge in [0.15, 0.2) is 0 Å². The number of nitriles is 1. The summed E-state index contributed by atoms with van der Waals surface area (Å²) in [6, 6.07) is 6.33. The fraction of sp³-hybridized carbons (Fsp3) is 0.385. The second kappa shape index (κ2) is 7.87. The van der Waals surface area contributed by atoms with Crippen LogP contribution in [0.2, 0.25) is 0 Å². The van der Waals surface area contributed by atoms with Crippen molar-refractivity contribution in [2.75, 3.05) is 26.8 Å². The van der Waals surface area contributed by atoms with Crippen LogP contribution in [0.4, 0.5) is 4.39 Å². The first kappa shape index (κ1) is 15.6. The molecule has 0 aliphatic heterocycles. The van der Waals surface area contributed by atoms with Crippen molar-refractivity contribution in [3.05, 3.63) is 34.1 Å². The van der Waals surface area contributed by atoms with Gasteiger partial charge in [0.1, 0.15) is 5.82 Å². The van der Waals surface area contributed by atoms with Crippen LogP contribution in [0.25, 0.3) is 0 Å². The van der Waals surface area contributed by atoms with E-state index in [0.29, 0.717) is 17.6 Å². The summed E-state index contributed by atoms with van der Waals surface area (Å²) in [5.74, 6) is -1.03. The Hall–Kier alpha value is -1.45. The standard InChI is InChI=1S/C13H14BrFN2O2/c1-19-9-8-17(7-3-6-16)13(18)12-10(14)4-2-5-11(12)15/h2,4-5H,3,7-9H2,1H3. The van der Waals surface area contributed by atoms with E-state index < -0.39 is 11.7 Å². The molecule has 0 aliphatic carbocycles. The van der Waals surface area contributed by atoms with E-state index in [9.17, 15) is 9.18 Å². The summed E-state index contributed by atoms with van der Waals surface area (Å²) in [6.07, 6.45) is 0.196. The summed E-state index contributed by atoms with van der Waals surface area (Å²) in [4.78, 5) is 13.7. The molecule has 0 heterocycles. The first-order chi connectivity index (χ1) is 9.11. The molecule has 1 aromatic carbocycles. The summed E-state index contributed by atoms with van der Waals surface area (Å²) in [5.41, 5.74) is -0.0171. The maximum atomic E-state index is 13.7. The molecular formula is C13H14BrFN2O2. The van der Waals surface area contributed by atoms with Gasteiger partial charge in [-0.25, -0.2) is 4.39 Å². The number of methoxy groups -OCH3 is 1. The van der Waals surface area contributed by atoms with Gasteiger partial charge in [0.05, 0.1) is 24.7 Å². The van der Waals surface area contributed by atoms with Gasteiger partial charge in [-0.05, 0) is 28.1 Å². The van der Waals surface area contributed by atoms with Gasteiger partial charge >= 0.3 is 0 Å². The van der Waals surface area contributed by atoms with Gasteiger partial charge in [-0.15, -0.1) is 0 Å². The summed E-state index contributed by atoms with van der Waals surface area (Å²) >= 11 is 3.17. The lowest BCUT2D eigenvalue weighted by atomic mass is 10.2. The van der Waals surface area contributed by atoms with Crippen molar-refractivity contribution in [1.82, 2.24) is 4.90 Å². The molecule has 0 aromatic heterocycles. The molecule has 0 bridgehead atoms. The maximum Gasteiger partial charge on any atom is 0.258 e. The molecule has 0 aliphatic rings. The van der Waals surface area contributed by atoms with Gasteiger partial charge in [0, 0.05) is 24.7 Å². The molecule has 0 saturated carbocycles. The van der Waals surface area contributed by atoms with Crippen LogP contribution < -0.4 is 0 Å². The topological polar surface area (TPSA) is 53.3 Å². The van der Waals surface area contributed by atoms with Crippen LogP contribution in [0.1, 0.15) is 16.8 Å². The van der Waals surface area contributed by atoms with E-state index in [1.165, 1.54) is 24.1 Å². The zero-order valence-corrected chi connectivity index (χ0v) is 12.1. The number of rotatable bonds is 6. The van der Waals surface area contributed by atoms with Gasteiger partial charge in [0.2, 0.25) is 0 Å². The van der Waals surface area contributed by atoms with Crippen molar-refractivity contribution in [2.24, 2.45) is 0 Å². The van der Waals surface area contributed by atoms with Gasteiger partial charge in [-0.3, -0.25) is 4.79 Å². The van der Waals surface area contributed by atoms with Crippen molar-refractivity contribution < 1.29 is 13.9 Å². The van der Waals surface area contributed by atoms with E-state index in [2.05, 4.69) is 15.9 Å². The van der Waals surface area contributed by atoms with Crippen molar-refractivity contribution in [3.8, 4) is 6.07 Å². The number of hydrogen-bond acceptors (Lipinski definition) is 3. The minimum Gasteiger partial charge on any atom is -0.383 e. The third-order valence-corrected chi connectivity index (χ3v) is 3.18. The van der Waals surface area contributed by atoms with Crippen LogP contribution >= 0.6 is 15.9 Å². The smallest absolute Gasteiger partial charge is 0.258 e. The molecule has 102 valence electrons. The normalized spacial score (nSPS) is 10.0. The molecule has 1 rings (SSSR count). The van der Waals surface area contributed by atoms with Crippen molar-refractivity contribution in [3.63, 3.8) is 0 Å². The molecule has 19 heavy (non-hydrogen) atoms. The van der Waals surface area contributed by atoms with Crippen LogP contribution in [0, 0.1) is 17.1 Å². The summed E-state index contributed by atoms with van der Waals surface area (Å²) < 4.78 is 19.0. The monoisotopic (exact) mass is 328 g/mol. The Balaban J connectivity index is 2.95. The average molecular weight is 329 g/mol. The SMILES string of the molecule is COCCN(CCC#N)C(=O)c1c(F)cccc1Br. The zero-order chi connectivity index (χ0) is 14.3. The van der Waals surface area contributed by atoms with Gasteiger partial charge in [-0.1, -0.05) is 6.07 Å². The fourth-order valence-electron chi connectivity index (χ4n) is 1.56. The van der Waals surface area contributed by atoms with E-state index in [0.717, 1.165) is 0 Å². The minimum atomic E-state index is -0.584. The average Bonchev–Trinajstić information content (AvgIpc) is 2.38. The number of halogens is 2. The Morgan fingerprint density at radius 1 is 1.53 bits per heavy atom. The molecule has 0 N–H and O–H groups in total. The van der Waals surface area contributed by atoms with Crippen LogP contribution in [0.15, 0.2) is 22.7 Å². The molecule has 4 nitrogen and oxygen atoms in total. The predicted octanol–water partition coefficient (Wildman–Crippen LogP) is 2.59. The molecule has 0 radical (unpaired) electrons. The van der Waals surface area contributed by atoms with Gasteiger partial charge < -0.3 is 9.64 Å². The van der Waals surface area contributed by atoms with E-state index in [4.69, 9.17) is 10.00 Å². The molecular weight excluding hydrogens is 315 g/mol. The highest BCUT2D eigenvalue weighted by atomic mass is 79.9. The van der Waals surface area contributed by atoms with Crippen LogP contribution in [0.5, 0.6) is 0 Å². The van der Waals surface area contributed by atoms with E-state index in [-0.39, 0.29) is 18.5 Å². The van der Waals surface area contributed by atoms with Crippen LogP contribution in [-0.4, -0.2) is 37.6 Å². The van der Waals surface area contributed by atoms with Crippen LogP contribution in [-0.2, 0) is 4.74 Å². The highest BCUT2D eigenvalue weighted by molar-refractivity contribution is 9.10. The van der Waals surface area contributed by atoms with Gasteiger partial charge in [0.25, 0.3) is 5.91 Å². The largest absolute Gasteiger partial charge is 0.383 e. The van der Waals surface area contributed by atoms with Crippen molar-refractivity contribution >= 4 is 21.8 Å². The van der Waals surface area contributed by atoms with Crippen molar-refractivity contribution in [1.29, 1.82) is 5.26 Å². The third kappa shape index (κ3) is 4.30. The molecule has 0 atom stereocenters. The molecule has 6 heteroatoms. The lowest BCUT2D eigenvalue weighted by molar-refractivity contribution is 0.0694. The molecule has 1 aromatic rings. The Kier molecular flexibility index (Phi) is 6.46. The Labute approximate surface area is 119 Å². The highest BCUT2D eigenvalue weighted by Gasteiger charge is 2.21. The predicted molar refractivity (Wildman–Crippen MR) is 72.1 cm³/mol. The summed E-state index contributed by atoms with van der Waals surface area (Å²) in [7, 11) is 1.52. The zero-order valence-electron chi connectivity index (χ0n) is 10.5. The second-order valence-corrected chi connectivity index (χ2v) is 4.64. The number of carbonyl (C=O) groups excluding carboxylic acids is 1. The molecule has 0 unspecified atom stereocenters. The van der Waals surface area contributed by atoms with E-state index in [1.54, 1.807) is 6.07 Å². The molecule has 1 amide bonds. The Bertz CT molecular complexity index is 468. The molecule has 0 saturated heterocycles. The number of benzene rings is 1. The fourth-order valence-corrected chi connectivity index (χ4v) is 2.07. The lowest BCUT2D eigenvalue weighted by Gasteiger charge is -2.22. The Morgan fingerprint density at radius 3 is 2.84 bits per heavy atom. The number of carbonyl (C=O) groups is 1. The van der Waals surface area contributed by atoms with Crippen molar-refractivity contribution in [2.45, 2.75) is 6.42 Å². The Morgan fingerprint density at radius 2 is 2.26 bits per heavy atom. The first-order valence-corrected chi connectivity index (χ1v) is 6.50. The summed E-state index contributed by atoms with van der Waals surface area (Å²) in [5, 5.41) is 8.60. The lowest BCUT2D eigenvalue weighted by Crippen LogP contribution is -2.35. The second-order valence-electron chi connectivity index (χ2n) is 3.79. The quantitative estimate of drug-likeness (QED) is 0.806. The maximum absolute atomic E-state index is 13.7. The first-order valence-electron chi connectivity index (χ1n) is 5.71. The van der Waals surface area contributed by atoms with E-state index >= 15 is 0 Å². The molecule has 0 fully saturated rings. The van der Waals surface area contributed by atoms with Crippen LogP contribution in [0.3, 0.4) is 0 Å². The third-order valence-electron chi connectivity index (χ3n) is 2.52.